The van der Waals surface area contributed by atoms with Crippen molar-refractivity contribution in [2.75, 3.05) is 25.1 Å². The number of carbonyl (C=O) groups is 1. The summed E-state index contributed by atoms with van der Waals surface area (Å²) in [5.41, 5.74) is 0. The molecule has 0 radical (unpaired) electrons. The van der Waals surface area contributed by atoms with Crippen LogP contribution in [0.15, 0.2) is 0 Å². The normalized spacial score (nSPS) is 23.1. The molecule has 1 fully saturated rings. The lowest BCUT2D eigenvalue weighted by atomic mass is 10.2. The quantitative estimate of drug-likeness (QED) is 0.639. The van der Waals surface area contributed by atoms with Crippen molar-refractivity contribution in [3.8, 4) is 6.07 Å². The molecule has 7 heteroatoms. The Morgan fingerprint density at radius 3 is 2.80 bits per heavy atom. The van der Waals surface area contributed by atoms with Crippen molar-refractivity contribution in [3.63, 3.8) is 0 Å². The lowest BCUT2D eigenvalue weighted by Gasteiger charge is -2.22. The van der Waals surface area contributed by atoms with Crippen LogP contribution in [-0.2, 0) is 9.84 Å². The number of nitriles is 1. The molecule has 1 N–H and O–H groups in total. The van der Waals surface area contributed by atoms with Crippen molar-refractivity contribution < 1.29 is 13.2 Å². The Morgan fingerprint density at radius 2 is 2.33 bits per heavy atom. The lowest BCUT2D eigenvalue weighted by Crippen LogP contribution is -2.44. The van der Waals surface area contributed by atoms with E-state index in [0.717, 1.165) is 0 Å². The topological polar surface area (TPSA) is 90.3 Å². The fourth-order valence-corrected chi connectivity index (χ4v) is 3.26. The van der Waals surface area contributed by atoms with E-state index in [2.05, 4.69) is 5.32 Å². The summed E-state index contributed by atoms with van der Waals surface area (Å²) in [4.78, 5) is 12.7. The molecule has 15 heavy (non-hydrogen) atoms. The second-order valence-electron chi connectivity index (χ2n) is 3.48. The van der Waals surface area contributed by atoms with Crippen LogP contribution >= 0.6 is 0 Å². The molecule has 0 aromatic rings. The van der Waals surface area contributed by atoms with Crippen LogP contribution in [0.3, 0.4) is 0 Å². The highest BCUT2D eigenvalue weighted by Crippen LogP contribution is 2.16. The molecule has 1 unspecified atom stereocenters. The predicted molar refractivity (Wildman–Crippen MR) is 53.8 cm³/mol. The first-order chi connectivity index (χ1) is 6.96. The van der Waals surface area contributed by atoms with Gasteiger partial charge < -0.3 is 10.2 Å². The van der Waals surface area contributed by atoms with Gasteiger partial charge >= 0.3 is 6.03 Å². The van der Waals surface area contributed by atoms with Crippen LogP contribution in [-0.4, -0.2) is 50.5 Å². The zero-order chi connectivity index (χ0) is 11.5. The third-order valence-electron chi connectivity index (χ3n) is 2.40. The van der Waals surface area contributed by atoms with E-state index in [4.69, 9.17) is 5.26 Å². The highest BCUT2D eigenvalue weighted by molar-refractivity contribution is 7.91. The van der Waals surface area contributed by atoms with Crippen LogP contribution in [0.2, 0.25) is 0 Å². The molecule has 0 aliphatic carbocycles. The molecule has 0 bridgehead atoms. The molecule has 0 spiro atoms. The molecule has 1 rings (SSSR count). The van der Waals surface area contributed by atoms with Crippen molar-refractivity contribution in [2.45, 2.75) is 12.5 Å². The van der Waals surface area contributed by atoms with Crippen molar-refractivity contribution in [2.24, 2.45) is 0 Å². The molecule has 1 aliphatic heterocycles. The first-order valence-electron chi connectivity index (χ1n) is 4.54. The van der Waals surface area contributed by atoms with Gasteiger partial charge in [-0.15, -0.1) is 0 Å². The second-order valence-corrected chi connectivity index (χ2v) is 5.71. The number of hydrogen-bond acceptors (Lipinski definition) is 4. The summed E-state index contributed by atoms with van der Waals surface area (Å²) in [5.74, 6) is 0.150. The minimum Gasteiger partial charge on any atom is -0.325 e. The molecular weight excluding hydrogens is 218 g/mol. The Balaban J connectivity index is 2.52. The predicted octanol–water partition coefficient (Wildman–Crippen LogP) is -0.662. The summed E-state index contributed by atoms with van der Waals surface area (Å²) >= 11 is 0. The van der Waals surface area contributed by atoms with Crippen LogP contribution < -0.4 is 5.32 Å². The van der Waals surface area contributed by atoms with E-state index in [-0.39, 0.29) is 24.1 Å². The van der Waals surface area contributed by atoms with Crippen molar-refractivity contribution in [1.29, 1.82) is 5.26 Å². The monoisotopic (exact) mass is 231 g/mol. The zero-order valence-electron chi connectivity index (χ0n) is 8.43. The van der Waals surface area contributed by atoms with Gasteiger partial charge in [0, 0.05) is 13.1 Å². The second kappa shape index (κ2) is 4.49. The number of rotatable bonds is 2. The van der Waals surface area contributed by atoms with Crippen LogP contribution in [0, 0.1) is 11.3 Å². The molecule has 1 heterocycles. The summed E-state index contributed by atoms with van der Waals surface area (Å²) in [6.45, 7) is -0.0668. The average Bonchev–Trinajstić information content (AvgIpc) is 2.54. The fraction of sp³-hybridized carbons (Fsp3) is 0.750. The summed E-state index contributed by atoms with van der Waals surface area (Å²) in [6.07, 6.45) is 0.471. The Labute approximate surface area is 88.8 Å². The van der Waals surface area contributed by atoms with Gasteiger partial charge in [0.15, 0.2) is 9.84 Å². The molecule has 1 atom stereocenters. The van der Waals surface area contributed by atoms with Gasteiger partial charge in [-0.05, 0) is 6.42 Å². The molecule has 1 aliphatic rings. The van der Waals surface area contributed by atoms with Gasteiger partial charge in [-0.2, -0.15) is 5.26 Å². The minimum absolute atomic E-state index is 0.0173. The van der Waals surface area contributed by atoms with Gasteiger partial charge in [-0.3, -0.25) is 0 Å². The molecule has 0 saturated carbocycles. The number of urea groups is 1. The minimum atomic E-state index is -2.98. The van der Waals surface area contributed by atoms with Crippen molar-refractivity contribution in [3.05, 3.63) is 0 Å². The Morgan fingerprint density at radius 1 is 1.67 bits per heavy atom. The van der Waals surface area contributed by atoms with E-state index >= 15 is 0 Å². The number of sulfone groups is 1. The smallest absolute Gasteiger partial charge is 0.318 e. The first kappa shape index (κ1) is 11.8. The van der Waals surface area contributed by atoms with Gasteiger partial charge in [0.2, 0.25) is 0 Å². The molecular formula is C8H13N3O3S. The van der Waals surface area contributed by atoms with Crippen LogP contribution in [0.5, 0.6) is 0 Å². The number of amides is 2. The first-order valence-corrected chi connectivity index (χ1v) is 6.36. The van der Waals surface area contributed by atoms with Gasteiger partial charge in [-0.25, -0.2) is 13.2 Å². The van der Waals surface area contributed by atoms with E-state index < -0.39 is 15.9 Å². The maximum Gasteiger partial charge on any atom is 0.318 e. The number of nitrogens with one attached hydrogen (secondary N) is 1. The molecule has 0 aromatic carbocycles. The van der Waals surface area contributed by atoms with E-state index in [9.17, 15) is 13.2 Å². The van der Waals surface area contributed by atoms with Gasteiger partial charge in [0.1, 0.15) is 6.54 Å². The van der Waals surface area contributed by atoms with Crippen LogP contribution in [0.1, 0.15) is 6.42 Å². The number of nitrogens with zero attached hydrogens (tertiary/aromatic N) is 2. The van der Waals surface area contributed by atoms with Crippen molar-refractivity contribution in [1.82, 2.24) is 10.2 Å². The lowest BCUT2D eigenvalue weighted by molar-refractivity contribution is 0.196. The number of hydrogen-bond donors (Lipinski definition) is 1. The standard InChI is InChI=1S/C8H13N3O3S/c1-11(8(12)10-4-3-9)7-2-5-15(13,14)6-7/h7H,2,4-6H2,1H3,(H,10,12). The average molecular weight is 231 g/mol. The van der Waals surface area contributed by atoms with Crippen molar-refractivity contribution >= 4 is 15.9 Å². The Hall–Kier alpha value is -1.29. The third-order valence-corrected chi connectivity index (χ3v) is 4.15. The maximum atomic E-state index is 11.4. The summed E-state index contributed by atoms with van der Waals surface area (Å²) < 4.78 is 22.3. The van der Waals surface area contributed by atoms with Gasteiger partial charge in [0.25, 0.3) is 0 Å². The summed E-state index contributed by atoms with van der Waals surface area (Å²) in [6, 6.07) is 1.11. The summed E-state index contributed by atoms with van der Waals surface area (Å²) in [5, 5.41) is 10.6. The maximum absolute atomic E-state index is 11.4. The van der Waals surface area contributed by atoms with Crippen LogP contribution in [0.4, 0.5) is 4.79 Å². The van der Waals surface area contributed by atoms with E-state index in [0.29, 0.717) is 6.42 Å². The molecule has 84 valence electrons. The van der Waals surface area contributed by atoms with Gasteiger partial charge in [0.05, 0.1) is 17.6 Å². The van der Waals surface area contributed by atoms with E-state index in [1.54, 1.807) is 6.07 Å². The Bertz CT molecular complexity index is 384. The highest BCUT2D eigenvalue weighted by atomic mass is 32.2. The molecule has 1 saturated heterocycles. The van der Waals surface area contributed by atoms with Crippen LogP contribution in [0.25, 0.3) is 0 Å². The summed E-state index contributed by atoms with van der Waals surface area (Å²) in [7, 11) is -1.44. The molecule has 6 nitrogen and oxygen atoms in total. The van der Waals surface area contributed by atoms with E-state index in [1.165, 1.54) is 11.9 Å². The largest absolute Gasteiger partial charge is 0.325 e. The third kappa shape index (κ3) is 3.09. The SMILES string of the molecule is CN(C(=O)NCC#N)C1CCS(=O)(=O)C1. The fourth-order valence-electron chi connectivity index (χ4n) is 1.49. The van der Waals surface area contributed by atoms with Gasteiger partial charge in [-0.1, -0.05) is 0 Å². The zero-order valence-corrected chi connectivity index (χ0v) is 9.25. The van der Waals surface area contributed by atoms with E-state index in [1.807, 2.05) is 0 Å². The Kier molecular flexibility index (Phi) is 3.52. The molecule has 0 aromatic heterocycles. The molecule has 2 amide bonds. The highest BCUT2D eigenvalue weighted by Gasteiger charge is 2.32. The number of carbonyl (C=O) groups excluding carboxylic acids is 1.